The number of para-hydroxylation sites is 1. The van der Waals surface area contributed by atoms with Gasteiger partial charge in [-0.1, -0.05) is 12.1 Å². The molecule has 0 fully saturated rings. The van der Waals surface area contributed by atoms with Crippen LogP contribution in [0.3, 0.4) is 0 Å². The van der Waals surface area contributed by atoms with Crippen molar-refractivity contribution in [3.63, 3.8) is 0 Å². The third kappa shape index (κ3) is 2.13. The fraction of sp³-hybridized carbons (Fsp3) is 0.143. The Balaban J connectivity index is 2.11. The van der Waals surface area contributed by atoms with Crippen LogP contribution in [0.5, 0.6) is 0 Å². The zero-order valence-electron chi connectivity index (χ0n) is 10.3. The minimum absolute atomic E-state index is 0.329. The monoisotopic (exact) mass is 272 g/mol. The summed E-state index contributed by atoms with van der Waals surface area (Å²) < 4.78 is 1.94. The van der Waals surface area contributed by atoms with E-state index in [0.717, 1.165) is 21.6 Å². The Labute approximate surface area is 113 Å². The summed E-state index contributed by atoms with van der Waals surface area (Å²) in [6.07, 6.45) is 1.91. The van der Waals surface area contributed by atoms with Gasteiger partial charge in [0.15, 0.2) is 0 Å². The Kier molecular flexibility index (Phi) is 2.83. The molecule has 0 saturated carbocycles. The number of nitrogens with zero attached hydrogens (tertiary/aromatic N) is 2. The molecule has 96 valence electrons. The molecule has 0 aliphatic carbocycles. The lowest BCUT2D eigenvalue weighted by molar-refractivity contribution is 0.0698. The number of thiazole rings is 1. The van der Waals surface area contributed by atoms with Crippen LogP contribution in [0.15, 0.2) is 35.8 Å². The van der Waals surface area contributed by atoms with Crippen molar-refractivity contribution in [2.75, 3.05) is 0 Å². The van der Waals surface area contributed by atoms with Crippen molar-refractivity contribution in [3.8, 4) is 0 Å². The Morgan fingerprint density at radius 3 is 2.95 bits per heavy atom. The molecule has 0 amide bonds. The van der Waals surface area contributed by atoms with Gasteiger partial charge in [-0.3, -0.25) is 0 Å². The van der Waals surface area contributed by atoms with E-state index >= 15 is 0 Å². The van der Waals surface area contributed by atoms with Crippen molar-refractivity contribution in [1.29, 1.82) is 0 Å². The number of carbonyl (C=O) groups is 1. The van der Waals surface area contributed by atoms with E-state index in [1.807, 2.05) is 35.2 Å². The molecular weight excluding hydrogens is 260 g/mol. The third-order valence-corrected chi connectivity index (χ3v) is 3.94. The Bertz CT molecular complexity index is 758. The SMILES string of the molecule is Cc1csc(Cn2ccc3cccc(C(=O)O)c32)n1. The molecule has 0 bridgehead atoms. The molecule has 3 rings (SSSR count). The summed E-state index contributed by atoms with van der Waals surface area (Å²) >= 11 is 1.59. The van der Waals surface area contributed by atoms with E-state index in [1.165, 1.54) is 0 Å². The van der Waals surface area contributed by atoms with E-state index in [0.29, 0.717) is 12.1 Å². The molecule has 5 heteroatoms. The summed E-state index contributed by atoms with van der Waals surface area (Å²) in [6.45, 7) is 2.56. The molecule has 0 aliphatic rings. The molecule has 3 aromatic rings. The molecule has 0 atom stereocenters. The van der Waals surface area contributed by atoms with Crippen LogP contribution < -0.4 is 0 Å². The molecular formula is C14H12N2O2S. The van der Waals surface area contributed by atoms with E-state index in [1.54, 1.807) is 23.5 Å². The molecule has 1 N–H and O–H groups in total. The van der Waals surface area contributed by atoms with Crippen molar-refractivity contribution in [2.24, 2.45) is 0 Å². The first-order valence-corrected chi connectivity index (χ1v) is 6.75. The second-order valence-electron chi connectivity index (χ2n) is 4.37. The van der Waals surface area contributed by atoms with Gasteiger partial charge in [-0.15, -0.1) is 11.3 Å². The number of aryl methyl sites for hydroxylation is 1. The maximum absolute atomic E-state index is 11.3. The first-order chi connectivity index (χ1) is 9.15. The molecule has 0 saturated heterocycles. The highest BCUT2D eigenvalue weighted by Crippen LogP contribution is 2.22. The summed E-state index contributed by atoms with van der Waals surface area (Å²) in [5.41, 5.74) is 2.08. The summed E-state index contributed by atoms with van der Waals surface area (Å²) in [4.78, 5) is 15.7. The summed E-state index contributed by atoms with van der Waals surface area (Å²) in [7, 11) is 0. The second kappa shape index (κ2) is 4.51. The number of rotatable bonds is 3. The largest absolute Gasteiger partial charge is 0.478 e. The number of hydrogen-bond donors (Lipinski definition) is 1. The van der Waals surface area contributed by atoms with Crippen molar-refractivity contribution in [3.05, 3.63) is 52.1 Å². The zero-order chi connectivity index (χ0) is 13.4. The van der Waals surface area contributed by atoms with Crippen molar-refractivity contribution in [1.82, 2.24) is 9.55 Å². The maximum atomic E-state index is 11.3. The average molecular weight is 272 g/mol. The van der Waals surface area contributed by atoms with Crippen LogP contribution in [0.2, 0.25) is 0 Å². The average Bonchev–Trinajstić information content (AvgIpc) is 2.97. The highest BCUT2D eigenvalue weighted by molar-refractivity contribution is 7.09. The number of hydrogen-bond acceptors (Lipinski definition) is 3. The third-order valence-electron chi connectivity index (χ3n) is 2.99. The van der Waals surface area contributed by atoms with Crippen LogP contribution in [0.1, 0.15) is 21.1 Å². The molecule has 1 aromatic carbocycles. The number of fused-ring (bicyclic) bond motifs is 1. The summed E-state index contributed by atoms with van der Waals surface area (Å²) in [5.74, 6) is -0.902. The molecule has 2 heterocycles. The normalized spacial score (nSPS) is 11.0. The summed E-state index contributed by atoms with van der Waals surface area (Å²) in [5, 5.41) is 13.2. The van der Waals surface area contributed by atoms with Gasteiger partial charge in [0.05, 0.1) is 17.6 Å². The quantitative estimate of drug-likeness (QED) is 0.796. The van der Waals surface area contributed by atoms with Gasteiger partial charge in [-0.05, 0) is 19.1 Å². The molecule has 2 aromatic heterocycles. The predicted molar refractivity (Wildman–Crippen MR) is 74.9 cm³/mol. The maximum Gasteiger partial charge on any atom is 0.337 e. The molecule has 4 nitrogen and oxygen atoms in total. The zero-order valence-corrected chi connectivity index (χ0v) is 11.1. The van der Waals surface area contributed by atoms with Gasteiger partial charge < -0.3 is 9.67 Å². The Hall–Kier alpha value is -2.14. The molecule has 0 radical (unpaired) electrons. The lowest BCUT2D eigenvalue weighted by Crippen LogP contribution is -2.04. The second-order valence-corrected chi connectivity index (χ2v) is 5.32. The number of aromatic nitrogens is 2. The van der Waals surface area contributed by atoms with Gasteiger partial charge in [0.2, 0.25) is 0 Å². The highest BCUT2D eigenvalue weighted by Gasteiger charge is 2.12. The number of aromatic carboxylic acids is 1. The van der Waals surface area contributed by atoms with Gasteiger partial charge in [0, 0.05) is 22.7 Å². The van der Waals surface area contributed by atoms with E-state index in [4.69, 9.17) is 0 Å². The van der Waals surface area contributed by atoms with Crippen LogP contribution in [-0.4, -0.2) is 20.6 Å². The van der Waals surface area contributed by atoms with Gasteiger partial charge in [-0.25, -0.2) is 9.78 Å². The fourth-order valence-electron chi connectivity index (χ4n) is 2.19. The van der Waals surface area contributed by atoms with Crippen LogP contribution in [0.4, 0.5) is 0 Å². The van der Waals surface area contributed by atoms with Crippen LogP contribution >= 0.6 is 11.3 Å². The van der Waals surface area contributed by atoms with Crippen LogP contribution in [0, 0.1) is 6.92 Å². The number of carboxylic acids is 1. The first kappa shape index (κ1) is 11.9. The van der Waals surface area contributed by atoms with Crippen molar-refractivity contribution in [2.45, 2.75) is 13.5 Å². The standard InChI is InChI=1S/C14H12N2O2S/c1-9-8-19-12(15-9)7-16-6-5-10-3-2-4-11(13(10)16)14(17)18/h2-6,8H,7H2,1H3,(H,17,18). The highest BCUT2D eigenvalue weighted by atomic mass is 32.1. The van der Waals surface area contributed by atoms with Gasteiger partial charge >= 0.3 is 5.97 Å². The van der Waals surface area contributed by atoms with Crippen molar-refractivity contribution >= 4 is 28.2 Å². The van der Waals surface area contributed by atoms with Gasteiger partial charge in [0.25, 0.3) is 0 Å². The lowest BCUT2D eigenvalue weighted by atomic mass is 10.1. The van der Waals surface area contributed by atoms with E-state index in [2.05, 4.69) is 4.98 Å². The number of benzene rings is 1. The molecule has 0 spiro atoms. The Morgan fingerprint density at radius 1 is 1.42 bits per heavy atom. The minimum atomic E-state index is -0.902. The van der Waals surface area contributed by atoms with E-state index in [-0.39, 0.29) is 0 Å². The molecule has 0 unspecified atom stereocenters. The van der Waals surface area contributed by atoms with Gasteiger partial charge in [-0.2, -0.15) is 0 Å². The predicted octanol–water partition coefficient (Wildman–Crippen LogP) is 3.15. The van der Waals surface area contributed by atoms with E-state index in [9.17, 15) is 9.90 Å². The van der Waals surface area contributed by atoms with Gasteiger partial charge in [0.1, 0.15) is 5.01 Å². The molecule has 19 heavy (non-hydrogen) atoms. The van der Waals surface area contributed by atoms with Crippen molar-refractivity contribution < 1.29 is 9.90 Å². The minimum Gasteiger partial charge on any atom is -0.478 e. The topological polar surface area (TPSA) is 55.1 Å². The van der Waals surface area contributed by atoms with E-state index < -0.39 is 5.97 Å². The fourth-order valence-corrected chi connectivity index (χ4v) is 2.96. The number of carboxylic acid groups (broad SMARTS) is 1. The van der Waals surface area contributed by atoms with Crippen LogP contribution in [-0.2, 0) is 6.54 Å². The summed E-state index contributed by atoms with van der Waals surface area (Å²) in [6, 6.07) is 7.26. The Morgan fingerprint density at radius 2 is 2.26 bits per heavy atom. The smallest absolute Gasteiger partial charge is 0.337 e. The lowest BCUT2D eigenvalue weighted by Gasteiger charge is -2.05. The van der Waals surface area contributed by atoms with Crippen LogP contribution in [0.25, 0.3) is 10.9 Å². The molecule has 0 aliphatic heterocycles. The first-order valence-electron chi connectivity index (χ1n) is 5.87.